The highest BCUT2D eigenvalue weighted by Gasteiger charge is 2.12. The predicted molar refractivity (Wildman–Crippen MR) is 90.8 cm³/mol. The van der Waals surface area contributed by atoms with Crippen molar-refractivity contribution in [1.29, 1.82) is 0 Å². The van der Waals surface area contributed by atoms with E-state index in [1.807, 2.05) is 62.4 Å². The van der Waals surface area contributed by atoms with Crippen molar-refractivity contribution >= 4 is 0 Å². The van der Waals surface area contributed by atoms with Gasteiger partial charge in [0.1, 0.15) is 23.0 Å². The molecule has 2 rings (SSSR count). The quantitative estimate of drug-likeness (QED) is 0.726. The van der Waals surface area contributed by atoms with Crippen LogP contribution in [0.1, 0.15) is 20.3 Å². The molecule has 0 heterocycles. The molecule has 0 aromatic heterocycles. The van der Waals surface area contributed by atoms with Gasteiger partial charge < -0.3 is 18.9 Å². The summed E-state index contributed by atoms with van der Waals surface area (Å²) in [4.78, 5) is 0. The molecule has 0 N–H and O–H groups in total. The van der Waals surface area contributed by atoms with Crippen LogP contribution in [0.25, 0.3) is 0 Å². The third-order valence-corrected chi connectivity index (χ3v) is 3.46. The molecule has 4 nitrogen and oxygen atoms in total. The van der Waals surface area contributed by atoms with Crippen molar-refractivity contribution in [3.8, 4) is 23.0 Å². The molecule has 0 fully saturated rings. The standard InChI is InChI=1S/C19H24O4/c1-14(22-18-9-5-16(20-3)6-10-18)13-15(2)23-19-11-7-17(21-4)8-12-19/h5-12,14-15H,13H2,1-4H3/t14-,15-/m0/s1. The fourth-order valence-corrected chi connectivity index (χ4v) is 2.34. The van der Waals surface area contributed by atoms with E-state index >= 15 is 0 Å². The van der Waals surface area contributed by atoms with Crippen molar-refractivity contribution in [2.24, 2.45) is 0 Å². The van der Waals surface area contributed by atoms with Crippen molar-refractivity contribution in [3.05, 3.63) is 48.5 Å². The summed E-state index contributed by atoms with van der Waals surface area (Å²) in [6, 6.07) is 15.2. The van der Waals surface area contributed by atoms with E-state index in [-0.39, 0.29) is 12.2 Å². The molecule has 124 valence electrons. The van der Waals surface area contributed by atoms with Crippen LogP contribution in [0.15, 0.2) is 48.5 Å². The van der Waals surface area contributed by atoms with Gasteiger partial charge in [-0.1, -0.05) is 0 Å². The lowest BCUT2D eigenvalue weighted by Gasteiger charge is -2.20. The summed E-state index contributed by atoms with van der Waals surface area (Å²) in [5, 5.41) is 0. The number of benzene rings is 2. The number of ether oxygens (including phenoxy) is 4. The van der Waals surface area contributed by atoms with Gasteiger partial charge >= 0.3 is 0 Å². The minimum Gasteiger partial charge on any atom is -0.497 e. The molecule has 23 heavy (non-hydrogen) atoms. The molecule has 2 aromatic carbocycles. The Labute approximate surface area is 137 Å². The number of rotatable bonds is 8. The van der Waals surface area contributed by atoms with E-state index < -0.39 is 0 Å². The highest BCUT2D eigenvalue weighted by molar-refractivity contribution is 5.32. The lowest BCUT2D eigenvalue weighted by atomic mass is 10.2. The van der Waals surface area contributed by atoms with Crippen LogP contribution in [0.4, 0.5) is 0 Å². The van der Waals surface area contributed by atoms with Crippen LogP contribution in [0.5, 0.6) is 23.0 Å². The molecule has 0 amide bonds. The maximum atomic E-state index is 5.90. The number of hydrogen-bond donors (Lipinski definition) is 0. The van der Waals surface area contributed by atoms with Gasteiger partial charge in [-0.3, -0.25) is 0 Å². The Morgan fingerprint density at radius 1 is 0.609 bits per heavy atom. The topological polar surface area (TPSA) is 36.9 Å². The van der Waals surface area contributed by atoms with E-state index in [4.69, 9.17) is 18.9 Å². The van der Waals surface area contributed by atoms with Gasteiger partial charge in [-0.05, 0) is 62.4 Å². The largest absolute Gasteiger partial charge is 0.497 e. The smallest absolute Gasteiger partial charge is 0.119 e. The van der Waals surface area contributed by atoms with Crippen molar-refractivity contribution < 1.29 is 18.9 Å². The Bertz CT molecular complexity index is 524. The zero-order valence-corrected chi connectivity index (χ0v) is 14.1. The maximum absolute atomic E-state index is 5.90. The highest BCUT2D eigenvalue weighted by atomic mass is 16.5. The summed E-state index contributed by atoms with van der Waals surface area (Å²) in [5.74, 6) is 3.30. The molecule has 2 atom stereocenters. The third-order valence-electron chi connectivity index (χ3n) is 3.46. The number of methoxy groups -OCH3 is 2. The zero-order valence-electron chi connectivity index (χ0n) is 14.1. The molecule has 0 radical (unpaired) electrons. The van der Waals surface area contributed by atoms with Crippen LogP contribution in [0.3, 0.4) is 0 Å². The summed E-state index contributed by atoms with van der Waals surface area (Å²) in [6.45, 7) is 4.08. The molecular formula is C19H24O4. The summed E-state index contributed by atoms with van der Waals surface area (Å²) in [7, 11) is 3.30. The highest BCUT2D eigenvalue weighted by Crippen LogP contribution is 2.21. The van der Waals surface area contributed by atoms with E-state index in [1.165, 1.54) is 0 Å². The summed E-state index contributed by atoms with van der Waals surface area (Å²) < 4.78 is 22.1. The van der Waals surface area contributed by atoms with Crippen molar-refractivity contribution in [1.82, 2.24) is 0 Å². The lowest BCUT2D eigenvalue weighted by molar-refractivity contribution is 0.131. The van der Waals surface area contributed by atoms with Crippen LogP contribution >= 0.6 is 0 Å². The zero-order chi connectivity index (χ0) is 16.7. The minimum absolute atomic E-state index is 0.0524. The molecule has 0 aliphatic carbocycles. The normalized spacial score (nSPS) is 13.0. The van der Waals surface area contributed by atoms with Gasteiger partial charge in [0.2, 0.25) is 0 Å². The third kappa shape index (κ3) is 5.40. The average molecular weight is 316 g/mol. The predicted octanol–water partition coefficient (Wildman–Crippen LogP) is 4.33. The van der Waals surface area contributed by atoms with Crippen LogP contribution in [-0.4, -0.2) is 26.4 Å². The van der Waals surface area contributed by atoms with Crippen molar-refractivity contribution in [2.75, 3.05) is 14.2 Å². The number of hydrogen-bond acceptors (Lipinski definition) is 4. The molecule has 0 unspecified atom stereocenters. The Hall–Kier alpha value is -2.36. The Morgan fingerprint density at radius 2 is 0.913 bits per heavy atom. The van der Waals surface area contributed by atoms with E-state index in [9.17, 15) is 0 Å². The van der Waals surface area contributed by atoms with Gasteiger partial charge in [-0.2, -0.15) is 0 Å². The second kappa shape index (κ2) is 8.32. The van der Waals surface area contributed by atoms with Gasteiger partial charge in [-0.15, -0.1) is 0 Å². The molecule has 0 saturated carbocycles. The molecular weight excluding hydrogens is 292 g/mol. The Morgan fingerprint density at radius 3 is 1.22 bits per heavy atom. The van der Waals surface area contributed by atoms with Crippen LogP contribution in [-0.2, 0) is 0 Å². The van der Waals surface area contributed by atoms with Crippen molar-refractivity contribution in [3.63, 3.8) is 0 Å². The minimum atomic E-state index is 0.0524. The Balaban J connectivity index is 1.82. The fraction of sp³-hybridized carbons (Fsp3) is 0.368. The first-order chi connectivity index (χ1) is 11.1. The molecule has 0 spiro atoms. The van der Waals surface area contributed by atoms with Gasteiger partial charge in [-0.25, -0.2) is 0 Å². The summed E-state index contributed by atoms with van der Waals surface area (Å²) in [6.07, 6.45) is 0.895. The van der Waals surface area contributed by atoms with E-state index in [0.29, 0.717) is 0 Å². The van der Waals surface area contributed by atoms with Crippen LogP contribution < -0.4 is 18.9 Å². The lowest BCUT2D eigenvalue weighted by Crippen LogP contribution is -2.22. The molecule has 2 aromatic rings. The fourth-order valence-electron chi connectivity index (χ4n) is 2.34. The second-order valence-electron chi connectivity index (χ2n) is 5.44. The molecule has 0 aliphatic heterocycles. The average Bonchev–Trinajstić information content (AvgIpc) is 2.56. The van der Waals surface area contributed by atoms with E-state index in [1.54, 1.807) is 14.2 Å². The second-order valence-corrected chi connectivity index (χ2v) is 5.44. The molecule has 0 aliphatic rings. The molecule has 0 bridgehead atoms. The van der Waals surface area contributed by atoms with E-state index in [2.05, 4.69) is 0 Å². The first-order valence-corrected chi connectivity index (χ1v) is 7.72. The first kappa shape index (κ1) is 17.0. The van der Waals surface area contributed by atoms with E-state index in [0.717, 1.165) is 29.4 Å². The SMILES string of the molecule is COc1ccc(O[C@@H](C)C[C@H](C)Oc2ccc(OC)cc2)cc1. The maximum Gasteiger partial charge on any atom is 0.119 e. The van der Waals surface area contributed by atoms with Gasteiger partial charge in [0, 0.05) is 6.42 Å². The summed E-state index contributed by atoms with van der Waals surface area (Å²) >= 11 is 0. The molecule has 0 saturated heterocycles. The molecule has 4 heteroatoms. The van der Waals surface area contributed by atoms with Gasteiger partial charge in [0.15, 0.2) is 0 Å². The Kier molecular flexibility index (Phi) is 6.15. The van der Waals surface area contributed by atoms with Gasteiger partial charge in [0.25, 0.3) is 0 Å². The first-order valence-electron chi connectivity index (χ1n) is 7.72. The summed E-state index contributed by atoms with van der Waals surface area (Å²) in [5.41, 5.74) is 0. The van der Waals surface area contributed by atoms with Crippen LogP contribution in [0.2, 0.25) is 0 Å². The van der Waals surface area contributed by atoms with Crippen molar-refractivity contribution in [2.45, 2.75) is 32.5 Å². The monoisotopic (exact) mass is 316 g/mol. The van der Waals surface area contributed by atoms with Crippen LogP contribution in [0, 0.1) is 0 Å². The van der Waals surface area contributed by atoms with Gasteiger partial charge in [0.05, 0.1) is 26.4 Å².